The van der Waals surface area contributed by atoms with Crippen molar-refractivity contribution in [2.24, 2.45) is 0 Å². The average Bonchev–Trinajstić information content (AvgIpc) is 3.76. The number of amides is 7. The zero-order chi connectivity index (χ0) is 47.1. The minimum absolute atomic E-state index is 0.0224. The van der Waals surface area contributed by atoms with E-state index in [4.69, 9.17) is 5.73 Å². The molecule has 0 saturated carbocycles. The van der Waals surface area contributed by atoms with Gasteiger partial charge < -0.3 is 52.3 Å². The number of non-ortho nitro benzene ring substituents is 1. The van der Waals surface area contributed by atoms with Crippen LogP contribution in [0, 0.1) is 10.1 Å². The van der Waals surface area contributed by atoms with Gasteiger partial charge in [0, 0.05) is 53.5 Å². The molecule has 1 fully saturated rings. The summed E-state index contributed by atoms with van der Waals surface area (Å²) in [4.78, 5) is 124. The van der Waals surface area contributed by atoms with E-state index in [1.165, 1.54) is 55.5 Å². The molecule has 0 aromatic heterocycles. The number of likely N-dealkylation sites (tertiary alicyclic amines) is 1. The van der Waals surface area contributed by atoms with Crippen LogP contribution >= 0.6 is 33.1 Å². The van der Waals surface area contributed by atoms with Crippen LogP contribution in [0.2, 0.25) is 0 Å². The van der Waals surface area contributed by atoms with Crippen LogP contribution < -0.4 is 37.6 Å². The molecular formula is C39H48N9O13PS2. The summed E-state index contributed by atoms with van der Waals surface area (Å²) in [5.41, 5.74) is 6.91. The van der Waals surface area contributed by atoms with Gasteiger partial charge in [-0.15, -0.1) is 0 Å². The van der Waals surface area contributed by atoms with Crippen molar-refractivity contribution in [1.82, 2.24) is 31.5 Å². The number of hydrogen-bond acceptors (Lipinski definition) is 14. The Hall–Kier alpha value is -6.04. The van der Waals surface area contributed by atoms with Crippen LogP contribution in [0.25, 0.3) is 0 Å². The van der Waals surface area contributed by atoms with Gasteiger partial charge in [-0.25, -0.2) is 4.57 Å². The van der Waals surface area contributed by atoms with Gasteiger partial charge in [0.15, 0.2) is 0 Å². The Balaban J connectivity index is 1.40. The van der Waals surface area contributed by atoms with Crippen molar-refractivity contribution in [3.05, 3.63) is 100 Å². The van der Waals surface area contributed by atoms with Crippen LogP contribution in [0.5, 0.6) is 0 Å². The lowest BCUT2D eigenvalue weighted by Crippen LogP contribution is -2.60. The molecule has 0 radical (unpaired) electrons. The van der Waals surface area contributed by atoms with E-state index < -0.39 is 97.0 Å². The molecule has 6 atom stereocenters. The standard InChI is InChI=1S/C39H48N9O13PS2/c1-22(33(49)45-30(20-63)36(52)43-28(18-23-6-3-2-4-7-23)35(51)42-26-13-15-27(16-14-26)48(56)57)41-38(54)32-8-5-17-47(32)39(55)29(19-61-62(58,59)60)44-37(53)31(21-64)46-34(50)24-9-11-25(40)12-10-24/h2-4,6-7,9-16,22,28-32,63-64H,5,8,17-21,40H2,1H3,(H,41,54)(H,42,51)(H,43,52)(H,44,53)(H,45,49)(H,46,50)(H2,58,59,60)/t22-,28-,29-,30-,31-,32-/m0/s1. The van der Waals surface area contributed by atoms with Gasteiger partial charge in [-0.1, -0.05) is 30.3 Å². The number of hydrogen-bond donors (Lipinski definition) is 11. The molecule has 25 heteroatoms. The molecule has 3 aromatic carbocycles. The van der Waals surface area contributed by atoms with E-state index >= 15 is 0 Å². The average molecular weight is 946 g/mol. The molecule has 0 spiro atoms. The summed E-state index contributed by atoms with van der Waals surface area (Å²) in [7, 11) is -5.18. The van der Waals surface area contributed by atoms with Gasteiger partial charge in [-0.2, -0.15) is 25.3 Å². The van der Waals surface area contributed by atoms with Crippen LogP contribution in [0.15, 0.2) is 78.9 Å². The number of nitrogens with one attached hydrogen (secondary N) is 6. The minimum atomic E-state index is -5.18. The number of carbonyl (C=O) groups is 7. The SMILES string of the molecule is C[C@H](NC(=O)[C@@H]1CCCN1C(=O)[C@H](COP(=O)(O)O)NC(=O)[C@H](CS)NC(=O)c1ccc(N)cc1)C(=O)N[C@@H](CS)C(=O)N[C@@H](Cc1ccccc1)C(=O)Nc1ccc([N+](=O)[O-])cc1. The summed E-state index contributed by atoms with van der Waals surface area (Å²) in [6, 6.07) is 11.4. The summed E-state index contributed by atoms with van der Waals surface area (Å²) in [6.07, 6.45) is 0.398. The molecule has 3 aromatic rings. The van der Waals surface area contributed by atoms with Gasteiger partial charge in [0.2, 0.25) is 35.4 Å². The Labute approximate surface area is 377 Å². The molecule has 22 nitrogen and oxygen atoms in total. The molecule has 1 saturated heterocycles. The molecule has 0 bridgehead atoms. The Morgan fingerprint density at radius 1 is 0.812 bits per heavy atom. The van der Waals surface area contributed by atoms with E-state index in [1.54, 1.807) is 30.3 Å². The van der Waals surface area contributed by atoms with E-state index in [2.05, 4.69) is 61.7 Å². The van der Waals surface area contributed by atoms with Gasteiger partial charge >= 0.3 is 7.82 Å². The van der Waals surface area contributed by atoms with Crippen molar-refractivity contribution >= 4 is 91.5 Å². The summed E-state index contributed by atoms with van der Waals surface area (Å²) in [5, 5.41) is 26.0. The van der Waals surface area contributed by atoms with Crippen molar-refractivity contribution in [3.63, 3.8) is 0 Å². The first-order valence-electron chi connectivity index (χ1n) is 19.5. The molecular weight excluding hydrogens is 898 g/mol. The fourth-order valence-electron chi connectivity index (χ4n) is 6.29. The summed E-state index contributed by atoms with van der Waals surface area (Å²) in [5.74, 6) is -6.22. The first-order chi connectivity index (χ1) is 30.3. The number of nitrogen functional groups attached to an aromatic ring is 1. The van der Waals surface area contributed by atoms with Crippen molar-refractivity contribution in [3.8, 4) is 0 Å². The Bertz CT molecular complexity index is 2220. The second kappa shape index (κ2) is 23.6. The fourth-order valence-corrected chi connectivity index (χ4v) is 7.14. The number of benzene rings is 3. The number of phosphoric acid groups is 1. The number of carbonyl (C=O) groups excluding carboxylic acids is 7. The van der Waals surface area contributed by atoms with Crippen molar-refractivity contribution in [2.45, 2.75) is 62.4 Å². The molecule has 1 aliphatic rings. The lowest BCUT2D eigenvalue weighted by atomic mass is 10.0. The second-order valence-electron chi connectivity index (χ2n) is 14.4. The molecule has 4 rings (SSSR count). The normalized spacial score (nSPS) is 15.9. The van der Waals surface area contributed by atoms with Crippen molar-refractivity contribution in [1.29, 1.82) is 0 Å². The van der Waals surface area contributed by atoms with Gasteiger partial charge in [0.1, 0.15) is 36.3 Å². The van der Waals surface area contributed by atoms with Crippen molar-refractivity contribution < 1.29 is 57.4 Å². The molecule has 344 valence electrons. The third kappa shape index (κ3) is 15.1. The molecule has 10 N–H and O–H groups in total. The summed E-state index contributed by atoms with van der Waals surface area (Å²) in [6.45, 7) is 0.250. The van der Waals surface area contributed by atoms with E-state index in [-0.39, 0.29) is 54.3 Å². The maximum atomic E-state index is 13.9. The quantitative estimate of drug-likeness (QED) is 0.0222. The van der Waals surface area contributed by atoms with E-state index in [1.807, 2.05) is 0 Å². The maximum Gasteiger partial charge on any atom is 0.469 e. The van der Waals surface area contributed by atoms with Gasteiger partial charge in [-0.3, -0.25) is 48.2 Å². The number of anilines is 2. The molecule has 0 aliphatic carbocycles. The van der Waals surface area contributed by atoms with Crippen LogP contribution in [-0.4, -0.2) is 122 Å². The molecule has 64 heavy (non-hydrogen) atoms. The largest absolute Gasteiger partial charge is 0.469 e. The number of rotatable bonds is 21. The lowest BCUT2D eigenvalue weighted by molar-refractivity contribution is -0.384. The van der Waals surface area contributed by atoms with Crippen LogP contribution in [0.3, 0.4) is 0 Å². The highest BCUT2D eigenvalue weighted by atomic mass is 32.1. The second-order valence-corrected chi connectivity index (χ2v) is 16.4. The van der Waals surface area contributed by atoms with Crippen LogP contribution in [0.4, 0.5) is 17.1 Å². The number of phosphoric ester groups is 1. The highest BCUT2D eigenvalue weighted by Gasteiger charge is 2.40. The van der Waals surface area contributed by atoms with E-state index in [0.717, 1.165) is 4.90 Å². The fraction of sp³-hybridized carbons (Fsp3) is 0.359. The monoisotopic (exact) mass is 945 g/mol. The number of nitrogens with zero attached hydrogens (tertiary/aromatic N) is 2. The van der Waals surface area contributed by atoms with Gasteiger partial charge in [-0.05, 0) is 61.7 Å². The van der Waals surface area contributed by atoms with E-state index in [0.29, 0.717) is 11.3 Å². The number of nitro benzene ring substituents is 1. The topological polar surface area (TPSA) is 331 Å². The van der Waals surface area contributed by atoms with Gasteiger partial charge in [0.05, 0.1) is 11.5 Å². The predicted octanol–water partition coefficient (Wildman–Crippen LogP) is 0.0758. The first-order valence-corrected chi connectivity index (χ1v) is 22.3. The smallest absolute Gasteiger partial charge is 0.399 e. The molecule has 7 amide bonds. The maximum absolute atomic E-state index is 13.9. The number of thiol groups is 2. The third-order valence-corrected chi connectivity index (χ3v) is 10.9. The Morgan fingerprint density at radius 3 is 1.97 bits per heavy atom. The zero-order valence-corrected chi connectivity index (χ0v) is 36.8. The highest BCUT2D eigenvalue weighted by Crippen LogP contribution is 2.36. The Morgan fingerprint density at radius 2 is 1.39 bits per heavy atom. The zero-order valence-electron chi connectivity index (χ0n) is 34.1. The van der Waals surface area contributed by atoms with Crippen LogP contribution in [0.1, 0.15) is 35.7 Å². The molecule has 0 unspecified atom stereocenters. The Kier molecular flexibility index (Phi) is 18.7. The molecule has 1 aliphatic heterocycles. The third-order valence-electron chi connectivity index (χ3n) is 9.67. The summed E-state index contributed by atoms with van der Waals surface area (Å²) < 4.78 is 16.2. The lowest BCUT2D eigenvalue weighted by Gasteiger charge is -2.30. The number of nitrogens with two attached hydrogens (primary N) is 1. The van der Waals surface area contributed by atoms with Crippen molar-refractivity contribution in [2.75, 3.05) is 35.7 Å². The minimum Gasteiger partial charge on any atom is -0.399 e. The predicted molar refractivity (Wildman–Crippen MR) is 238 cm³/mol. The van der Waals surface area contributed by atoms with E-state index in [9.17, 15) is 58.0 Å². The highest BCUT2D eigenvalue weighted by molar-refractivity contribution is 7.80. The summed E-state index contributed by atoms with van der Waals surface area (Å²) >= 11 is 8.32. The number of nitro groups is 1. The first kappa shape index (κ1) is 50.6. The molecule has 1 heterocycles. The van der Waals surface area contributed by atoms with Gasteiger partial charge in [0.25, 0.3) is 11.6 Å². The van der Waals surface area contributed by atoms with Crippen LogP contribution in [-0.2, 0) is 44.3 Å².